The molecule has 5 rings (SSSR count). The molecule has 3 heterocycles. The third-order valence-corrected chi connectivity index (χ3v) is 7.68. The summed E-state index contributed by atoms with van der Waals surface area (Å²) in [5.41, 5.74) is 2.72. The highest BCUT2D eigenvalue weighted by molar-refractivity contribution is 6.30. The summed E-state index contributed by atoms with van der Waals surface area (Å²) in [5, 5.41) is 6.59. The number of ether oxygens (including phenoxy) is 3. The van der Waals surface area contributed by atoms with Gasteiger partial charge in [-0.3, -0.25) is 14.7 Å². The van der Waals surface area contributed by atoms with Gasteiger partial charge in [-0.2, -0.15) is 0 Å². The van der Waals surface area contributed by atoms with Crippen molar-refractivity contribution in [3.63, 3.8) is 0 Å². The van der Waals surface area contributed by atoms with Crippen LogP contribution in [0.15, 0.2) is 48.8 Å². The van der Waals surface area contributed by atoms with Gasteiger partial charge in [-0.15, -0.1) is 0 Å². The van der Waals surface area contributed by atoms with Crippen LogP contribution < -0.4 is 15.4 Å². The third-order valence-electron chi connectivity index (χ3n) is 7.44. The van der Waals surface area contributed by atoms with Crippen molar-refractivity contribution in [1.82, 2.24) is 14.9 Å². The molecule has 1 atom stereocenters. The number of aromatic nitrogens is 2. The van der Waals surface area contributed by atoms with Crippen molar-refractivity contribution >= 4 is 34.9 Å². The number of nitrogens with zero attached hydrogens (tertiary/aromatic N) is 3. The van der Waals surface area contributed by atoms with Crippen molar-refractivity contribution in [3.05, 3.63) is 76.5 Å². The van der Waals surface area contributed by atoms with E-state index in [-0.39, 0.29) is 31.1 Å². The minimum absolute atomic E-state index is 0.0127. The van der Waals surface area contributed by atoms with Crippen LogP contribution in [0.25, 0.3) is 0 Å². The van der Waals surface area contributed by atoms with Crippen LogP contribution in [0.2, 0.25) is 5.02 Å². The Balaban J connectivity index is 1.16. The summed E-state index contributed by atoms with van der Waals surface area (Å²) >= 11 is 5.85. The molecule has 2 aliphatic rings. The second kappa shape index (κ2) is 13.9. The lowest BCUT2D eigenvalue weighted by molar-refractivity contribution is -0.117. The van der Waals surface area contributed by atoms with Gasteiger partial charge >= 0.3 is 5.97 Å². The van der Waals surface area contributed by atoms with Gasteiger partial charge in [0.15, 0.2) is 0 Å². The lowest BCUT2D eigenvalue weighted by atomic mass is 9.93. The highest BCUT2D eigenvalue weighted by Crippen LogP contribution is 2.32. The number of nitrogens with one attached hydrogen (secondary N) is 2. The van der Waals surface area contributed by atoms with E-state index in [1.54, 1.807) is 42.7 Å². The highest BCUT2D eigenvalue weighted by atomic mass is 35.5. The summed E-state index contributed by atoms with van der Waals surface area (Å²) in [5.74, 6) is -0.568. The molecule has 2 aliphatic heterocycles. The second-order valence-electron chi connectivity index (χ2n) is 10.3. The third kappa shape index (κ3) is 7.53. The molecule has 1 amide bonds. The number of hydrogen-bond acceptors (Lipinski definition) is 9. The summed E-state index contributed by atoms with van der Waals surface area (Å²) in [4.78, 5) is 36.0. The SMILES string of the molecule is COC(=O)c1ccc(NC(=O)CN2CCC(c3nccnc3OCc3ccc(Cl)cc3F)CC2)c(NC[C@@H]2CCO2)c1. The summed E-state index contributed by atoms with van der Waals surface area (Å²) in [6.07, 6.45) is 5.77. The van der Waals surface area contributed by atoms with Crippen molar-refractivity contribution in [2.24, 2.45) is 0 Å². The summed E-state index contributed by atoms with van der Waals surface area (Å²) in [6.45, 7) is 2.92. The van der Waals surface area contributed by atoms with Crippen LogP contribution >= 0.6 is 11.6 Å². The molecule has 2 aromatic carbocycles. The standard InChI is InChI=1S/C30H33ClFN5O5/c1-40-30(39)20-3-5-25(26(14-20)35-16-23-8-13-41-23)36-27(38)17-37-11-6-19(7-12-37)28-29(34-10-9-33-28)42-18-21-2-4-22(31)15-24(21)32/h2-5,9-10,14-15,19,23,35H,6-8,11-13,16-18H2,1H3,(H,36,38)/t23-/m0/s1. The first kappa shape index (κ1) is 29.7. The number of piperidine rings is 1. The number of methoxy groups -OCH3 is 1. The van der Waals surface area contributed by atoms with Crippen molar-refractivity contribution in [2.75, 3.05) is 50.5 Å². The van der Waals surface area contributed by atoms with E-state index in [1.165, 1.54) is 13.2 Å². The molecule has 0 aliphatic carbocycles. The maximum atomic E-state index is 14.2. The first-order chi connectivity index (χ1) is 20.4. The lowest BCUT2D eigenvalue weighted by Crippen LogP contribution is -2.39. The molecular formula is C30H33ClFN5O5. The zero-order chi connectivity index (χ0) is 29.5. The normalized spacial score (nSPS) is 17.3. The van der Waals surface area contributed by atoms with E-state index in [2.05, 4.69) is 25.5 Å². The minimum atomic E-state index is -0.451. The van der Waals surface area contributed by atoms with Gasteiger partial charge in [0.1, 0.15) is 18.1 Å². The number of esters is 1. The van der Waals surface area contributed by atoms with Gasteiger partial charge in [0, 0.05) is 42.0 Å². The van der Waals surface area contributed by atoms with Crippen LogP contribution in [0.1, 0.15) is 46.8 Å². The van der Waals surface area contributed by atoms with E-state index in [9.17, 15) is 14.0 Å². The number of halogens is 2. The zero-order valence-corrected chi connectivity index (χ0v) is 24.0. The van der Waals surface area contributed by atoms with Crippen LogP contribution in [0.3, 0.4) is 0 Å². The number of anilines is 2. The molecule has 222 valence electrons. The van der Waals surface area contributed by atoms with Gasteiger partial charge in [-0.1, -0.05) is 17.7 Å². The van der Waals surface area contributed by atoms with Crippen LogP contribution in [0, 0.1) is 5.82 Å². The van der Waals surface area contributed by atoms with Gasteiger partial charge in [-0.05, 0) is 62.7 Å². The average Bonchev–Trinajstić information content (AvgIpc) is 2.97. The number of carbonyl (C=O) groups is 2. The van der Waals surface area contributed by atoms with Gasteiger partial charge < -0.3 is 24.8 Å². The largest absolute Gasteiger partial charge is 0.471 e. The Kier molecular flexibility index (Phi) is 9.83. The van der Waals surface area contributed by atoms with Gasteiger partial charge in [-0.25, -0.2) is 14.2 Å². The molecule has 10 nitrogen and oxygen atoms in total. The summed E-state index contributed by atoms with van der Waals surface area (Å²) < 4.78 is 30.4. The molecular weight excluding hydrogens is 565 g/mol. The number of carbonyl (C=O) groups excluding carboxylic acids is 2. The predicted octanol–water partition coefficient (Wildman–Crippen LogP) is 4.65. The van der Waals surface area contributed by atoms with Gasteiger partial charge in [0.05, 0.1) is 36.7 Å². The molecule has 2 saturated heterocycles. The van der Waals surface area contributed by atoms with Crippen LogP contribution in [-0.4, -0.2) is 72.7 Å². The van der Waals surface area contributed by atoms with Gasteiger partial charge in [0.25, 0.3) is 0 Å². The van der Waals surface area contributed by atoms with Crippen LogP contribution in [-0.2, 0) is 20.9 Å². The summed E-state index contributed by atoms with van der Waals surface area (Å²) in [6, 6.07) is 9.46. The maximum Gasteiger partial charge on any atom is 0.337 e. The molecule has 12 heteroatoms. The Morgan fingerprint density at radius 3 is 2.60 bits per heavy atom. The average molecular weight is 598 g/mol. The molecule has 0 spiro atoms. The Bertz CT molecular complexity index is 1410. The Hall–Kier alpha value is -3.80. The second-order valence-corrected chi connectivity index (χ2v) is 10.7. The van der Waals surface area contributed by atoms with Crippen molar-refractivity contribution in [2.45, 2.75) is 37.9 Å². The van der Waals surface area contributed by atoms with Crippen molar-refractivity contribution in [1.29, 1.82) is 0 Å². The quantitative estimate of drug-likeness (QED) is 0.305. The van der Waals surface area contributed by atoms with E-state index >= 15 is 0 Å². The van der Waals surface area contributed by atoms with Crippen molar-refractivity contribution in [3.8, 4) is 5.88 Å². The highest BCUT2D eigenvalue weighted by Gasteiger charge is 2.26. The smallest absolute Gasteiger partial charge is 0.337 e. The number of hydrogen-bond donors (Lipinski definition) is 2. The molecule has 3 aromatic rings. The molecule has 42 heavy (non-hydrogen) atoms. The van der Waals surface area contributed by atoms with E-state index in [0.29, 0.717) is 53.0 Å². The fraction of sp³-hybridized carbons (Fsp3) is 0.400. The zero-order valence-electron chi connectivity index (χ0n) is 23.3. The number of likely N-dealkylation sites (tertiary alicyclic amines) is 1. The number of benzene rings is 2. The monoisotopic (exact) mass is 597 g/mol. The molecule has 0 radical (unpaired) electrons. The molecule has 2 fully saturated rings. The number of rotatable bonds is 11. The Morgan fingerprint density at radius 2 is 1.88 bits per heavy atom. The molecule has 0 saturated carbocycles. The van der Waals surface area contributed by atoms with Crippen LogP contribution in [0.5, 0.6) is 5.88 Å². The first-order valence-corrected chi connectivity index (χ1v) is 14.2. The molecule has 0 bridgehead atoms. The van der Waals surface area contributed by atoms with Crippen LogP contribution in [0.4, 0.5) is 15.8 Å². The Morgan fingerprint density at radius 1 is 1.10 bits per heavy atom. The summed E-state index contributed by atoms with van der Waals surface area (Å²) in [7, 11) is 1.33. The maximum absolute atomic E-state index is 14.2. The van der Waals surface area contributed by atoms with Crippen molar-refractivity contribution < 1.29 is 28.2 Å². The molecule has 0 unspecified atom stereocenters. The predicted molar refractivity (Wildman–Crippen MR) is 155 cm³/mol. The number of amides is 1. The fourth-order valence-electron chi connectivity index (χ4n) is 4.98. The molecule has 1 aromatic heterocycles. The topological polar surface area (TPSA) is 115 Å². The fourth-order valence-corrected chi connectivity index (χ4v) is 5.14. The van der Waals surface area contributed by atoms with E-state index in [1.807, 2.05) is 0 Å². The van der Waals surface area contributed by atoms with E-state index in [0.717, 1.165) is 31.6 Å². The van der Waals surface area contributed by atoms with E-state index < -0.39 is 11.8 Å². The Labute approximate surface area is 248 Å². The van der Waals surface area contributed by atoms with Gasteiger partial charge in [0.2, 0.25) is 11.8 Å². The lowest BCUT2D eigenvalue weighted by Gasteiger charge is -2.31. The van der Waals surface area contributed by atoms with E-state index in [4.69, 9.17) is 25.8 Å². The first-order valence-electron chi connectivity index (χ1n) is 13.9. The minimum Gasteiger partial charge on any atom is -0.471 e. The molecule has 2 N–H and O–H groups in total.